The van der Waals surface area contributed by atoms with Crippen molar-refractivity contribution in [1.29, 1.82) is 0 Å². The van der Waals surface area contributed by atoms with E-state index in [2.05, 4.69) is 28.7 Å². The summed E-state index contributed by atoms with van der Waals surface area (Å²) < 4.78 is 0. The number of nitrogens with zero attached hydrogens (tertiary/aromatic N) is 3. The van der Waals surface area contributed by atoms with Gasteiger partial charge in [-0.1, -0.05) is 6.92 Å². The number of carbonyl (C=O) groups excluding carboxylic acids is 1. The third kappa shape index (κ3) is 2.96. The van der Waals surface area contributed by atoms with Crippen LogP contribution in [0.25, 0.3) is 0 Å². The molecule has 84 valence electrons. The van der Waals surface area contributed by atoms with E-state index in [-0.39, 0.29) is 12.2 Å². The second kappa shape index (κ2) is 5.75. The summed E-state index contributed by atoms with van der Waals surface area (Å²) in [6, 6.07) is 0.271. The molecule has 4 heteroatoms. The van der Waals surface area contributed by atoms with E-state index in [0.29, 0.717) is 6.04 Å². The summed E-state index contributed by atoms with van der Waals surface area (Å²) in [4.78, 5) is 21.4. The van der Waals surface area contributed by atoms with Crippen molar-refractivity contribution in [2.45, 2.75) is 51.9 Å². The fourth-order valence-electron chi connectivity index (χ4n) is 1.90. The lowest BCUT2D eigenvalue weighted by atomic mass is 10.1. The molecule has 0 saturated heterocycles. The van der Waals surface area contributed by atoms with E-state index in [4.69, 9.17) is 0 Å². The minimum Gasteiger partial charge on any atom is -0.302 e. The van der Waals surface area contributed by atoms with Gasteiger partial charge < -0.3 is 4.79 Å². The normalized spacial score (nSPS) is 22.3. The molecule has 0 fully saturated rings. The molecule has 15 heavy (non-hydrogen) atoms. The zero-order valence-corrected chi connectivity index (χ0v) is 9.63. The van der Waals surface area contributed by atoms with E-state index < -0.39 is 0 Å². The summed E-state index contributed by atoms with van der Waals surface area (Å²) in [7, 11) is 0. The molecule has 0 aliphatic carbocycles. The van der Waals surface area contributed by atoms with Gasteiger partial charge in [-0.3, -0.25) is 9.89 Å². The Morgan fingerprint density at radius 2 is 2.33 bits per heavy atom. The molecule has 1 aliphatic heterocycles. The van der Waals surface area contributed by atoms with Crippen LogP contribution < -0.4 is 0 Å². The van der Waals surface area contributed by atoms with Gasteiger partial charge in [0.25, 0.3) is 0 Å². The van der Waals surface area contributed by atoms with Crippen molar-refractivity contribution in [2.24, 2.45) is 9.98 Å². The second-order valence-corrected chi connectivity index (χ2v) is 3.97. The highest BCUT2D eigenvalue weighted by Gasteiger charge is 2.26. The quantitative estimate of drug-likeness (QED) is 0.644. The Hall–Kier alpha value is -1.03. The maximum Gasteiger partial charge on any atom is 0.137 e. The highest BCUT2D eigenvalue weighted by Crippen LogP contribution is 2.16. The Labute approximate surface area is 91.1 Å². The smallest absolute Gasteiger partial charge is 0.137 e. The van der Waals surface area contributed by atoms with E-state index in [1.807, 2.05) is 13.1 Å². The Morgan fingerprint density at radius 3 is 2.73 bits per heavy atom. The first-order valence-corrected chi connectivity index (χ1v) is 5.46. The van der Waals surface area contributed by atoms with Gasteiger partial charge in [-0.2, -0.15) is 0 Å². The molecule has 1 rings (SSSR count). The first-order valence-electron chi connectivity index (χ1n) is 5.46. The van der Waals surface area contributed by atoms with Gasteiger partial charge in [0.05, 0.1) is 6.04 Å². The molecule has 2 atom stereocenters. The minimum atomic E-state index is -0.0429. The summed E-state index contributed by atoms with van der Waals surface area (Å²) in [5.41, 5.74) is 0. The van der Waals surface area contributed by atoms with Crippen LogP contribution in [0.1, 0.15) is 33.6 Å². The van der Waals surface area contributed by atoms with E-state index in [9.17, 15) is 4.79 Å². The topological polar surface area (TPSA) is 45.0 Å². The second-order valence-electron chi connectivity index (χ2n) is 3.97. The predicted molar refractivity (Wildman–Crippen MR) is 62.5 cm³/mol. The van der Waals surface area contributed by atoms with Gasteiger partial charge in [0, 0.05) is 18.7 Å². The summed E-state index contributed by atoms with van der Waals surface area (Å²) in [6.45, 7) is 6.20. The van der Waals surface area contributed by atoms with Crippen molar-refractivity contribution in [3.05, 3.63) is 0 Å². The Kier molecular flexibility index (Phi) is 4.62. The fraction of sp³-hybridized carbons (Fsp3) is 0.727. The Bertz CT molecular complexity index is 261. The van der Waals surface area contributed by atoms with Crippen molar-refractivity contribution < 1.29 is 4.79 Å². The number of rotatable bonds is 5. The van der Waals surface area contributed by atoms with Crippen LogP contribution >= 0.6 is 0 Å². The molecule has 0 spiro atoms. The van der Waals surface area contributed by atoms with Gasteiger partial charge in [-0.15, -0.1) is 0 Å². The lowest BCUT2D eigenvalue weighted by Crippen LogP contribution is -2.48. The van der Waals surface area contributed by atoms with Crippen LogP contribution in [0.4, 0.5) is 0 Å². The number of hydrogen-bond donors (Lipinski definition) is 0. The fourth-order valence-corrected chi connectivity index (χ4v) is 1.90. The Balaban J connectivity index is 2.76. The monoisotopic (exact) mass is 209 g/mol. The van der Waals surface area contributed by atoms with Gasteiger partial charge in [-0.25, -0.2) is 4.99 Å². The minimum absolute atomic E-state index is 0.0429. The lowest BCUT2D eigenvalue weighted by Gasteiger charge is -2.36. The number of aldehydes is 1. The van der Waals surface area contributed by atoms with Gasteiger partial charge in [-0.05, 0) is 20.3 Å². The summed E-state index contributed by atoms with van der Waals surface area (Å²) in [6.07, 6.45) is 6.12. The Morgan fingerprint density at radius 1 is 1.60 bits per heavy atom. The van der Waals surface area contributed by atoms with Crippen molar-refractivity contribution in [3.8, 4) is 0 Å². The van der Waals surface area contributed by atoms with Crippen molar-refractivity contribution in [3.63, 3.8) is 0 Å². The highest BCUT2D eigenvalue weighted by molar-refractivity contribution is 5.75. The molecule has 0 bridgehead atoms. The molecule has 0 aromatic rings. The SMILES string of the molecule is CCC(C=O)N(C(C)C)C1CC=NC=N1. The van der Waals surface area contributed by atoms with Crippen molar-refractivity contribution in [1.82, 2.24) is 4.90 Å². The summed E-state index contributed by atoms with van der Waals surface area (Å²) in [5.74, 6) is 0. The van der Waals surface area contributed by atoms with Crippen LogP contribution in [0.2, 0.25) is 0 Å². The summed E-state index contributed by atoms with van der Waals surface area (Å²) in [5, 5.41) is 0. The third-order valence-corrected chi connectivity index (χ3v) is 2.63. The van der Waals surface area contributed by atoms with Crippen LogP contribution in [0.5, 0.6) is 0 Å². The maximum atomic E-state index is 11.0. The first kappa shape index (κ1) is 12.0. The zero-order chi connectivity index (χ0) is 11.3. The lowest BCUT2D eigenvalue weighted by molar-refractivity contribution is -0.114. The molecule has 1 heterocycles. The first-order chi connectivity index (χ1) is 7.20. The third-order valence-electron chi connectivity index (χ3n) is 2.63. The van der Waals surface area contributed by atoms with Crippen molar-refractivity contribution in [2.75, 3.05) is 0 Å². The van der Waals surface area contributed by atoms with Crippen LogP contribution in [0.3, 0.4) is 0 Å². The molecule has 0 radical (unpaired) electrons. The average molecular weight is 209 g/mol. The number of carbonyl (C=O) groups is 1. The molecular formula is C11H19N3O. The van der Waals surface area contributed by atoms with Gasteiger partial charge in [0.2, 0.25) is 0 Å². The molecule has 0 N–H and O–H groups in total. The van der Waals surface area contributed by atoms with Gasteiger partial charge >= 0.3 is 0 Å². The molecule has 0 aromatic carbocycles. The predicted octanol–water partition coefficient (Wildman–Crippen LogP) is 1.50. The van der Waals surface area contributed by atoms with Gasteiger partial charge in [0.1, 0.15) is 18.8 Å². The number of hydrogen-bond acceptors (Lipinski definition) is 4. The maximum absolute atomic E-state index is 11.0. The van der Waals surface area contributed by atoms with Crippen LogP contribution in [0.15, 0.2) is 9.98 Å². The van der Waals surface area contributed by atoms with E-state index in [1.165, 1.54) is 0 Å². The van der Waals surface area contributed by atoms with E-state index in [1.54, 1.807) is 6.34 Å². The van der Waals surface area contributed by atoms with Gasteiger partial charge in [0.15, 0.2) is 0 Å². The number of aliphatic imine (C=N–C) groups is 2. The van der Waals surface area contributed by atoms with E-state index in [0.717, 1.165) is 19.1 Å². The van der Waals surface area contributed by atoms with E-state index >= 15 is 0 Å². The average Bonchev–Trinajstić information content (AvgIpc) is 2.26. The van der Waals surface area contributed by atoms with Crippen molar-refractivity contribution >= 4 is 18.8 Å². The highest BCUT2D eigenvalue weighted by atomic mass is 16.1. The summed E-state index contributed by atoms with van der Waals surface area (Å²) >= 11 is 0. The zero-order valence-electron chi connectivity index (χ0n) is 9.63. The molecular weight excluding hydrogens is 190 g/mol. The molecule has 0 amide bonds. The molecule has 4 nitrogen and oxygen atoms in total. The van der Waals surface area contributed by atoms with Crippen LogP contribution in [-0.2, 0) is 4.79 Å². The standard InChI is InChI=1S/C11H19N3O/c1-4-10(7-15)14(9(2)3)11-5-6-12-8-13-11/h6-11H,4-5H2,1-3H3. The molecule has 0 saturated carbocycles. The molecule has 2 unspecified atom stereocenters. The molecule has 0 aromatic heterocycles. The van der Waals surface area contributed by atoms with Crippen LogP contribution in [-0.4, -0.2) is 42.0 Å². The largest absolute Gasteiger partial charge is 0.302 e. The van der Waals surface area contributed by atoms with Crippen LogP contribution in [0, 0.1) is 0 Å². The molecule has 1 aliphatic rings.